The number of anilines is 2. The lowest BCUT2D eigenvalue weighted by molar-refractivity contribution is 0.975. The molecule has 24 heavy (non-hydrogen) atoms. The summed E-state index contributed by atoms with van der Waals surface area (Å²) < 4.78 is 0. The van der Waals surface area contributed by atoms with Crippen LogP contribution in [0.3, 0.4) is 0 Å². The molecule has 120 valence electrons. The molecular weight excluding hydrogens is 304 g/mol. The number of hydrogen-bond acceptors (Lipinski definition) is 6. The first kappa shape index (κ1) is 14.2. The second-order valence-electron chi connectivity index (χ2n) is 5.50. The zero-order valence-corrected chi connectivity index (χ0v) is 13.0. The molecule has 4 aromatic rings. The number of nitrogens with zero attached hydrogens (tertiary/aromatic N) is 4. The molecule has 0 radical (unpaired) electrons. The van der Waals surface area contributed by atoms with Crippen molar-refractivity contribution in [1.82, 2.24) is 30.4 Å². The van der Waals surface area contributed by atoms with E-state index in [1.54, 1.807) is 12.4 Å². The molecule has 4 rings (SSSR count). The maximum atomic E-state index is 5.89. The Kier molecular flexibility index (Phi) is 3.34. The molecule has 0 fully saturated rings. The summed E-state index contributed by atoms with van der Waals surface area (Å²) in [5.41, 5.74) is 10.5. The third kappa shape index (κ3) is 2.54. The van der Waals surface area contributed by atoms with E-state index in [1.807, 2.05) is 25.1 Å². The van der Waals surface area contributed by atoms with Gasteiger partial charge in [-0.2, -0.15) is 15.2 Å². The fourth-order valence-electron chi connectivity index (χ4n) is 2.74. The zero-order chi connectivity index (χ0) is 16.5. The highest BCUT2D eigenvalue weighted by molar-refractivity contribution is 5.95. The van der Waals surface area contributed by atoms with Crippen LogP contribution in [0.15, 0.2) is 36.7 Å². The number of rotatable bonds is 4. The van der Waals surface area contributed by atoms with Gasteiger partial charge in [-0.3, -0.25) is 10.2 Å². The van der Waals surface area contributed by atoms with Crippen LogP contribution in [0, 0.1) is 6.92 Å². The van der Waals surface area contributed by atoms with E-state index in [2.05, 4.69) is 41.7 Å². The molecule has 0 saturated carbocycles. The first-order chi connectivity index (χ1) is 11.7. The first-order valence-corrected chi connectivity index (χ1v) is 7.51. The standard InChI is InChI=1S/C16H16N8/c1-9-6-10(12-3-5-20-24-12)7-13-14(9)15(22-16(17)21-13)18-8-11-2-4-19-23-11/h2-7H,8H2,1H3,(H,19,23)(H,20,24)(H3,17,18,21,22). The summed E-state index contributed by atoms with van der Waals surface area (Å²) in [7, 11) is 0. The molecule has 0 unspecified atom stereocenters. The lowest BCUT2D eigenvalue weighted by Gasteiger charge is -2.12. The molecule has 0 saturated heterocycles. The van der Waals surface area contributed by atoms with Crippen LogP contribution in [-0.4, -0.2) is 30.4 Å². The number of aromatic amines is 2. The smallest absolute Gasteiger partial charge is 0.222 e. The van der Waals surface area contributed by atoms with E-state index >= 15 is 0 Å². The zero-order valence-electron chi connectivity index (χ0n) is 13.0. The molecule has 1 aromatic carbocycles. The number of hydrogen-bond donors (Lipinski definition) is 4. The van der Waals surface area contributed by atoms with Gasteiger partial charge in [-0.05, 0) is 36.8 Å². The van der Waals surface area contributed by atoms with E-state index in [0.717, 1.165) is 33.4 Å². The Labute approximate surface area is 137 Å². The second-order valence-corrected chi connectivity index (χ2v) is 5.50. The Morgan fingerprint density at radius 2 is 1.92 bits per heavy atom. The normalized spacial score (nSPS) is 11.0. The van der Waals surface area contributed by atoms with Gasteiger partial charge in [0.2, 0.25) is 5.95 Å². The topological polar surface area (TPSA) is 121 Å². The Bertz CT molecular complexity index is 973. The van der Waals surface area contributed by atoms with E-state index in [-0.39, 0.29) is 5.95 Å². The summed E-state index contributed by atoms with van der Waals surface area (Å²) in [6.07, 6.45) is 3.57. The highest BCUT2D eigenvalue weighted by atomic mass is 15.1. The van der Waals surface area contributed by atoms with Crippen molar-refractivity contribution in [3.05, 3.63) is 47.9 Å². The molecule has 0 spiro atoms. The third-order valence-electron chi connectivity index (χ3n) is 3.80. The molecule has 0 aliphatic carbocycles. The molecule has 8 nitrogen and oxygen atoms in total. The average molecular weight is 320 g/mol. The second kappa shape index (κ2) is 5.65. The van der Waals surface area contributed by atoms with Crippen molar-refractivity contribution in [2.45, 2.75) is 13.5 Å². The summed E-state index contributed by atoms with van der Waals surface area (Å²) in [6, 6.07) is 7.86. The first-order valence-electron chi connectivity index (χ1n) is 7.51. The van der Waals surface area contributed by atoms with E-state index in [4.69, 9.17) is 5.73 Å². The molecular formula is C16H16N8. The van der Waals surface area contributed by atoms with Crippen molar-refractivity contribution in [3.63, 3.8) is 0 Å². The Morgan fingerprint density at radius 1 is 1.08 bits per heavy atom. The number of aryl methyl sites for hydroxylation is 1. The SMILES string of the molecule is Cc1cc(-c2cc[nH]n2)cc2nc(N)nc(NCc3cc[nH]n3)c12. The van der Waals surface area contributed by atoms with Crippen LogP contribution in [0.25, 0.3) is 22.2 Å². The fourth-order valence-corrected chi connectivity index (χ4v) is 2.74. The van der Waals surface area contributed by atoms with Crippen LogP contribution in [0.1, 0.15) is 11.3 Å². The molecule has 0 aliphatic rings. The molecule has 3 aromatic heterocycles. The number of nitrogens with two attached hydrogens (primary N) is 1. The van der Waals surface area contributed by atoms with Crippen molar-refractivity contribution in [1.29, 1.82) is 0 Å². The summed E-state index contributed by atoms with van der Waals surface area (Å²) in [6.45, 7) is 2.58. The maximum absolute atomic E-state index is 5.89. The molecule has 5 N–H and O–H groups in total. The number of fused-ring (bicyclic) bond motifs is 1. The number of nitrogens with one attached hydrogen (secondary N) is 3. The molecule has 0 aliphatic heterocycles. The number of benzene rings is 1. The molecule has 3 heterocycles. The molecule has 0 bridgehead atoms. The number of nitrogen functional groups attached to an aromatic ring is 1. The van der Waals surface area contributed by atoms with Crippen molar-refractivity contribution in [3.8, 4) is 11.3 Å². The van der Waals surface area contributed by atoms with Gasteiger partial charge in [0, 0.05) is 23.3 Å². The lowest BCUT2D eigenvalue weighted by atomic mass is 10.0. The maximum Gasteiger partial charge on any atom is 0.222 e. The van der Waals surface area contributed by atoms with Crippen LogP contribution in [-0.2, 0) is 6.54 Å². The van der Waals surface area contributed by atoms with E-state index in [1.165, 1.54) is 0 Å². The van der Waals surface area contributed by atoms with Crippen LogP contribution in [0.2, 0.25) is 0 Å². The minimum Gasteiger partial charge on any atom is -0.368 e. The average Bonchev–Trinajstić information content (AvgIpc) is 3.25. The van der Waals surface area contributed by atoms with Crippen LogP contribution >= 0.6 is 0 Å². The third-order valence-corrected chi connectivity index (χ3v) is 3.80. The molecule has 0 atom stereocenters. The molecule has 0 amide bonds. The van der Waals surface area contributed by atoms with Crippen LogP contribution < -0.4 is 11.1 Å². The van der Waals surface area contributed by atoms with E-state index < -0.39 is 0 Å². The number of aromatic nitrogens is 6. The minimum atomic E-state index is 0.227. The van der Waals surface area contributed by atoms with Crippen molar-refractivity contribution < 1.29 is 0 Å². The van der Waals surface area contributed by atoms with Gasteiger partial charge in [-0.25, -0.2) is 4.98 Å². The summed E-state index contributed by atoms with van der Waals surface area (Å²) in [5.74, 6) is 0.928. The summed E-state index contributed by atoms with van der Waals surface area (Å²) in [4.78, 5) is 8.73. The summed E-state index contributed by atoms with van der Waals surface area (Å²) >= 11 is 0. The Morgan fingerprint density at radius 3 is 2.67 bits per heavy atom. The van der Waals surface area contributed by atoms with Crippen molar-refractivity contribution >= 4 is 22.7 Å². The quantitative estimate of drug-likeness (QED) is 0.457. The van der Waals surface area contributed by atoms with Gasteiger partial charge in [-0.1, -0.05) is 0 Å². The van der Waals surface area contributed by atoms with E-state index in [9.17, 15) is 0 Å². The van der Waals surface area contributed by atoms with Crippen molar-refractivity contribution in [2.75, 3.05) is 11.1 Å². The van der Waals surface area contributed by atoms with Gasteiger partial charge in [0.25, 0.3) is 0 Å². The van der Waals surface area contributed by atoms with Crippen LogP contribution in [0.4, 0.5) is 11.8 Å². The van der Waals surface area contributed by atoms with E-state index in [0.29, 0.717) is 12.4 Å². The van der Waals surface area contributed by atoms with Gasteiger partial charge in [-0.15, -0.1) is 0 Å². The Balaban J connectivity index is 1.79. The minimum absolute atomic E-state index is 0.227. The predicted molar refractivity (Wildman–Crippen MR) is 92.2 cm³/mol. The molecule has 8 heteroatoms. The van der Waals surface area contributed by atoms with Crippen LogP contribution in [0.5, 0.6) is 0 Å². The number of H-pyrrole nitrogens is 2. The van der Waals surface area contributed by atoms with Gasteiger partial charge in [0.05, 0.1) is 23.4 Å². The largest absolute Gasteiger partial charge is 0.368 e. The van der Waals surface area contributed by atoms with Gasteiger partial charge in [0.15, 0.2) is 0 Å². The van der Waals surface area contributed by atoms with Gasteiger partial charge < -0.3 is 11.1 Å². The van der Waals surface area contributed by atoms with Crippen molar-refractivity contribution in [2.24, 2.45) is 0 Å². The van der Waals surface area contributed by atoms with Gasteiger partial charge >= 0.3 is 0 Å². The highest BCUT2D eigenvalue weighted by Crippen LogP contribution is 2.30. The van der Waals surface area contributed by atoms with Gasteiger partial charge in [0.1, 0.15) is 5.82 Å². The highest BCUT2D eigenvalue weighted by Gasteiger charge is 2.12. The monoisotopic (exact) mass is 320 g/mol. The summed E-state index contributed by atoms with van der Waals surface area (Å²) in [5, 5.41) is 18.2. The fraction of sp³-hybridized carbons (Fsp3) is 0.125. The predicted octanol–water partition coefficient (Wildman–Crippen LogP) is 2.25. The lowest BCUT2D eigenvalue weighted by Crippen LogP contribution is -2.06. The Hall–Kier alpha value is -3.42.